The highest BCUT2D eigenvalue weighted by atomic mass is 16.6. The van der Waals surface area contributed by atoms with Crippen molar-refractivity contribution in [1.82, 2.24) is 5.16 Å². The van der Waals surface area contributed by atoms with Crippen molar-refractivity contribution in [2.75, 3.05) is 0 Å². The van der Waals surface area contributed by atoms with E-state index in [-0.39, 0.29) is 17.9 Å². The number of hydrogen-bond donors (Lipinski definition) is 0. The number of nitrogens with zero attached hydrogens (tertiary/aromatic N) is 2. The van der Waals surface area contributed by atoms with E-state index < -0.39 is 10.9 Å². The van der Waals surface area contributed by atoms with Gasteiger partial charge >= 0.3 is 5.97 Å². The maximum absolute atomic E-state index is 11.8. The number of carbonyl (C=O) groups excluding carboxylic acids is 1. The highest BCUT2D eigenvalue weighted by molar-refractivity contribution is 5.90. The van der Waals surface area contributed by atoms with E-state index in [9.17, 15) is 14.9 Å². The van der Waals surface area contributed by atoms with Crippen LogP contribution in [0.4, 0.5) is 5.69 Å². The van der Waals surface area contributed by atoms with Crippen molar-refractivity contribution in [2.24, 2.45) is 0 Å². The Morgan fingerprint density at radius 2 is 2.15 bits per heavy atom. The van der Waals surface area contributed by atoms with Gasteiger partial charge in [-0.3, -0.25) is 10.1 Å². The number of rotatable bonds is 4. The molecular formula is C13H12N2O5. The van der Waals surface area contributed by atoms with Gasteiger partial charge < -0.3 is 9.26 Å². The number of carbonyl (C=O) groups is 1. The normalized spacial score (nSPS) is 10.3. The molecule has 7 heteroatoms. The minimum Gasteiger partial charge on any atom is -0.455 e. The van der Waals surface area contributed by atoms with Crippen LogP contribution >= 0.6 is 0 Å². The number of aryl methyl sites for hydroxylation is 2. The van der Waals surface area contributed by atoms with Crippen LogP contribution < -0.4 is 0 Å². The summed E-state index contributed by atoms with van der Waals surface area (Å²) in [5.41, 5.74) is 1.14. The lowest BCUT2D eigenvalue weighted by molar-refractivity contribution is -0.385. The van der Waals surface area contributed by atoms with Gasteiger partial charge in [0, 0.05) is 17.7 Å². The first-order valence-corrected chi connectivity index (χ1v) is 5.81. The Morgan fingerprint density at radius 1 is 1.40 bits per heavy atom. The van der Waals surface area contributed by atoms with Gasteiger partial charge in [0.05, 0.1) is 10.5 Å². The van der Waals surface area contributed by atoms with Gasteiger partial charge in [0.1, 0.15) is 18.1 Å². The lowest BCUT2D eigenvalue weighted by Gasteiger charge is -2.04. The van der Waals surface area contributed by atoms with Gasteiger partial charge in [-0.1, -0.05) is 5.16 Å². The van der Waals surface area contributed by atoms with Crippen LogP contribution in [-0.2, 0) is 11.3 Å². The molecule has 20 heavy (non-hydrogen) atoms. The number of nitro benzene ring substituents is 1. The van der Waals surface area contributed by atoms with Crippen LogP contribution in [0.25, 0.3) is 0 Å². The summed E-state index contributed by atoms with van der Waals surface area (Å²) in [5, 5.41) is 14.4. The Balaban J connectivity index is 2.06. The summed E-state index contributed by atoms with van der Waals surface area (Å²) in [7, 11) is 0. The first kappa shape index (κ1) is 13.7. The fraction of sp³-hybridized carbons (Fsp3) is 0.231. The third-order valence-electron chi connectivity index (χ3n) is 2.66. The second kappa shape index (κ2) is 5.52. The number of aromatic nitrogens is 1. The van der Waals surface area contributed by atoms with E-state index in [2.05, 4.69) is 5.16 Å². The molecule has 0 atom stereocenters. The molecule has 0 aliphatic heterocycles. The molecule has 0 radical (unpaired) electrons. The van der Waals surface area contributed by atoms with Crippen LogP contribution in [0.2, 0.25) is 0 Å². The molecule has 0 spiro atoms. The van der Waals surface area contributed by atoms with Gasteiger partial charge in [0.2, 0.25) is 0 Å². The van der Waals surface area contributed by atoms with Crippen LogP contribution in [-0.4, -0.2) is 16.0 Å². The predicted molar refractivity (Wildman–Crippen MR) is 68.2 cm³/mol. The topological polar surface area (TPSA) is 95.5 Å². The largest absolute Gasteiger partial charge is 0.455 e. The molecule has 0 bridgehead atoms. The molecule has 0 saturated heterocycles. The zero-order valence-electron chi connectivity index (χ0n) is 11.0. The van der Waals surface area contributed by atoms with E-state index in [1.807, 2.05) is 0 Å². The van der Waals surface area contributed by atoms with Crippen molar-refractivity contribution >= 4 is 11.7 Å². The average molecular weight is 276 g/mol. The van der Waals surface area contributed by atoms with Crippen molar-refractivity contribution in [3.8, 4) is 0 Å². The molecule has 1 heterocycles. The summed E-state index contributed by atoms with van der Waals surface area (Å²) >= 11 is 0. The highest BCUT2D eigenvalue weighted by Crippen LogP contribution is 2.19. The quantitative estimate of drug-likeness (QED) is 0.483. The molecule has 2 rings (SSSR count). The fourth-order valence-electron chi connectivity index (χ4n) is 1.70. The van der Waals surface area contributed by atoms with E-state index in [0.717, 1.165) is 0 Å². The molecule has 0 N–H and O–H groups in total. The lowest BCUT2D eigenvalue weighted by atomic mass is 10.1. The molecular weight excluding hydrogens is 264 g/mol. The Bertz CT molecular complexity index is 663. The predicted octanol–water partition coefficient (Wildman–Crippen LogP) is 2.56. The third kappa shape index (κ3) is 3.00. The summed E-state index contributed by atoms with van der Waals surface area (Å²) in [6.45, 7) is 3.29. The summed E-state index contributed by atoms with van der Waals surface area (Å²) in [5.74, 6) is 0.0610. The Hall–Kier alpha value is -2.70. The van der Waals surface area contributed by atoms with Crippen LogP contribution in [0, 0.1) is 24.0 Å². The monoisotopic (exact) mass is 276 g/mol. The minimum absolute atomic E-state index is 0.00773. The van der Waals surface area contributed by atoms with Crippen molar-refractivity contribution < 1.29 is 19.0 Å². The Labute approximate surface area is 114 Å². The third-order valence-corrected chi connectivity index (χ3v) is 2.66. The minimum atomic E-state index is -0.566. The molecule has 1 aromatic heterocycles. The molecule has 7 nitrogen and oxygen atoms in total. The molecule has 0 aliphatic rings. The second-order valence-corrected chi connectivity index (χ2v) is 4.26. The molecule has 2 aromatic rings. The maximum atomic E-state index is 11.8. The van der Waals surface area contributed by atoms with E-state index in [4.69, 9.17) is 9.26 Å². The van der Waals surface area contributed by atoms with Crippen molar-refractivity contribution in [1.29, 1.82) is 0 Å². The zero-order chi connectivity index (χ0) is 14.7. The van der Waals surface area contributed by atoms with E-state index >= 15 is 0 Å². The molecule has 0 unspecified atom stereocenters. The van der Waals surface area contributed by atoms with Crippen molar-refractivity contribution in [2.45, 2.75) is 20.5 Å². The van der Waals surface area contributed by atoms with Gasteiger partial charge in [-0.15, -0.1) is 0 Å². The van der Waals surface area contributed by atoms with Gasteiger partial charge in [0.15, 0.2) is 0 Å². The maximum Gasteiger partial charge on any atom is 0.338 e. The zero-order valence-corrected chi connectivity index (χ0v) is 11.0. The lowest BCUT2D eigenvalue weighted by Crippen LogP contribution is -2.06. The number of hydrogen-bond acceptors (Lipinski definition) is 6. The van der Waals surface area contributed by atoms with E-state index in [1.54, 1.807) is 19.9 Å². The molecule has 0 fully saturated rings. The molecule has 1 aromatic carbocycles. The van der Waals surface area contributed by atoms with Crippen LogP contribution in [0.1, 0.15) is 27.4 Å². The highest BCUT2D eigenvalue weighted by Gasteiger charge is 2.15. The van der Waals surface area contributed by atoms with Crippen LogP contribution in [0.3, 0.4) is 0 Å². The van der Waals surface area contributed by atoms with Gasteiger partial charge in [-0.2, -0.15) is 0 Å². The van der Waals surface area contributed by atoms with E-state index in [0.29, 0.717) is 17.0 Å². The second-order valence-electron chi connectivity index (χ2n) is 4.26. The molecule has 0 saturated carbocycles. The van der Waals surface area contributed by atoms with Crippen LogP contribution in [0.5, 0.6) is 0 Å². The standard InChI is InChI=1S/C13H12N2O5/c1-8-5-10(3-4-12(8)15(17)18)13(16)19-7-11-6-9(2)20-14-11/h3-6H,7H2,1-2H3. The summed E-state index contributed by atoms with van der Waals surface area (Å²) < 4.78 is 9.90. The smallest absolute Gasteiger partial charge is 0.338 e. The average Bonchev–Trinajstić information content (AvgIpc) is 2.81. The summed E-state index contributed by atoms with van der Waals surface area (Å²) in [6.07, 6.45) is 0. The number of benzene rings is 1. The van der Waals surface area contributed by atoms with Crippen molar-refractivity contribution in [3.05, 3.63) is 57.0 Å². The first-order valence-electron chi connectivity index (χ1n) is 5.81. The van der Waals surface area contributed by atoms with Gasteiger partial charge in [-0.25, -0.2) is 4.79 Å². The SMILES string of the molecule is Cc1cc(COC(=O)c2ccc([N+](=O)[O-])c(C)c2)no1. The Kier molecular flexibility index (Phi) is 3.79. The fourth-order valence-corrected chi connectivity index (χ4v) is 1.70. The number of esters is 1. The van der Waals surface area contributed by atoms with Crippen LogP contribution in [0.15, 0.2) is 28.8 Å². The number of ether oxygens (including phenoxy) is 1. The molecule has 0 amide bonds. The number of nitro groups is 1. The first-order chi connectivity index (χ1) is 9.47. The summed E-state index contributed by atoms with van der Waals surface area (Å²) in [4.78, 5) is 22.0. The molecule has 104 valence electrons. The van der Waals surface area contributed by atoms with Gasteiger partial charge in [-0.05, 0) is 26.0 Å². The molecule has 0 aliphatic carbocycles. The summed E-state index contributed by atoms with van der Waals surface area (Å²) in [6, 6.07) is 5.73. The van der Waals surface area contributed by atoms with Gasteiger partial charge in [0.25, 0.3) is 5.69 Å². The Morgan fingerprint density at radius 3 is 2.70 bits per heavy atom. The van der Waals surface area contributed by atoms with Crippen molar-refractivity contribution in [3.63, 3.8) is 0 Å². The van der Waals surface area contributed by atoms with E-state index in [1.165, 1.54) is 18.2 Å².